The minimum atomic E-state index is -3.60. The van der Waals surface area contributed by atoms with Gasteiger partial charge in [0.15, 0.2) is 0 Å². The summed E-state index contributed by atoms with van der Waals surface area (Å²) in [6.07, 6.45) is 0.285. The second-order valence-electron chi connectivity index (χ2n) is 5.91. The van der Waals surface area contributed by atoms with Gasteiger partial charge in [-0.05, 0) is 42.0 Å². The Morgan fingerprint density at radius 3 is 2.30 bits per heavy atom. The Balaban J connectivity index is 1.69. The molecule has 140 valence electrons. The molecule has 27 heavy (non-hydrogen) atoms. The standard InChI is InChI=1S/C19H18N2O5S/c20-10-9-15-1-5-17(6-2-15)26-19(22)16-3-7-18(8-4-16)27(23,24)21-11-13-25-14-12-21/h1-8H,9,11-14H2. The van der Waals surface area contributed by atoms with Crippen molar-refractivity contribution in [2.24, 2.45) is 0 Å². The van der Waals surface area contributed by atoms with Crippen molar-refractivity contribution in [3.05, 3.63) is 59.7 Å². The fourth-order valence-electron chi connectivity index (χ4n) is 2.63. The molecule has 2 aromatic rings. The molecule has 0 amide bonds. The van der Waals surface area contributed by atoms with Gasteiger partial charge in [-0.3, -0.25) is 0 Å². The number of carbonyl (C=O) groups is 1. The first-order valence-electron chi connectivity index (χ1n) is 8.37. The molecule has 3 rings (SSSR count). The Kier molecular flexibility index (Phi) is 5.86. The van der Waals surface area contributed by atoms with Gasteiger partial charge in [-0.15, -0.1) is 0 Å². The highest BCUT2D eigenvalue weighted by atomic mass is 32.2. The summed E-state index contributed by atoms with van der Waals surface area (Å²) in [6.45, 7) is 1.37. The van der Waals surface area contributed by atoms with Gasteiger partial charge in [0, 0.05) is 13.1 Å². The first-order chi connectivity index (χ1) is 13.0. The molecule has 0 spiro atoms. The van der Waals surface area contributed by atoms with Gasteiger partial charge < -0.3 is 9.47 Å². The van der Waals surface area contributed by atoms with Crippen LogP contribution in [0.1, 0.15) is 15.9 Å². The molecule has 8 heteroatoms. The van der Waals surface area contributed by atoms with Crippen LogP contribution in [-0.4, -0.2) is 45.0 Å². The minimum Gasteiger partial charge on any atom is -0.423 e. The average molecular weight is 386 g/mol. The maximum absolute atomic E-state index is 12.6. The van der Waals surface area contributed by atoms with Gasteiger partial charge in [0.25, 0.3) is 0 Å². The average Bonchev–Trinajstić information content (AvgIpc) is 2.70. The monoisotopic (exact) mass is 386 g/mol. The van der Waals surface area contributed by atoms with Crippen LogP contribution in [0, 0.1) is 11.3 Å². The highest BCUT2D eigenvalue weighted by Gasteiger charge is 2.26. The van der Waals surface area contributed by atoms with E-state index >= 15 is 0 Å². The Hall–Kier alpha value is -2.73. The molecule has 0 radical (unpaired) electrons. The van der Waals surface area contributed by atoms with E-state index in [1.54, 1.807) is 24.3 Å². The Morgan fingerprint density at radius 1 is 1.07 bits per heavy atom. The van der Waals surface area contributed by atoms with E-state index in [4.69, 9.17) is 14.7 Å². The molecule has 0 aliphatic carbocycles. The lowest BCUT2D eigenvalue weighted by molar-refractivity contribution is 0.0730. The van der Waals surface area contributed by atoms with Crippen molar-refractivity contribution < 1.29 is 22.7 Å². The van der Waals surface area contributed by atoms with Crippen molar-refractivity contribution in [1.29, 1.82) is 5.26 Å². The number of hydrogen-bond acceptors (Lipinski definition) is 6. The molecule has 0 atom stereocenters. The number of nitrogens with zero attached hydrogens (tertiary/aromatic N) is 2. The second kappa shape index (κ2) is 8.31. The number of benzene rings is 2. The third-order valence-electron chi connectivity index (χ3n) is 4.11. The number of carbonyl (C=O) groups excluding carboxylic acids is 1. The van der Waals surface area contributed by atoms with Gasteiger partial charge in [0.1, 0.15) is 5.75 Å². The first kappa shape index (κ1) is 19.0. The SMILES string of the molecule is N#CCc1ccc(OC(=O)c2ccc(S(=O)(=O)N3CCOCC3)cc2)cc1. The van der Waals surface area contributed by atoms with E-state index in [9.17, 15) is 13.2 Å². The molecule has 2 aromatic carbocycles. The largest absolute Gasteiger partial charge is 0.423 e. The van der Waals surface area contributed by atoms with Crippen LogP contribution in [0.4, 0.5) is 0 Å². The number of sulfonamides is 1. The fraction of sp³-hybridized carbons (Fsp3) is 0.263. The third-order valence-corrected chi connectivity index (χ3v) is 6.03. The lowest BCUT2D eigenvalue weighted by Crippen LogP contribution is -2.40. The molecule has 0 bridgehead atoms. The lowest BCUT2D eigenvalue weighted by atomic mass is 10.1. The quantitative estimate of drug-likeness (QED) is 0.576. The van der Waals surface area contributed by atoms with Crippen molar-refractivity contribution in [3.8, 4) is 11.8 Å². The molecule has 1 aliphatic rings. The van der Waals surface area contributed by atoms with Crippen LogP contribution in [-0.2, 0) is 21.2 Å². The smallest absolute Gasteiger partial charge is 0.343 e. The van der Waals surface area contributed by atoms with E-state index in [0.717, 1.165) is 5.56 Å². The number of hydrogen-bond donors (Lipinski definition) is 0. The summed E-state index contributed by atoms with van der Waals surface area (Å²) in [4.78, 5) is 12.4. The molecule has 1 fully saturated rings. The van der Waals surface area contributed by atoms with Crippen LogP contribution in [0.5, 0.6) is 5.75 Å². The van der Waals surface area contributed by atoms with Gasteiger partial charge in [-0.25, -0.2) is 13.2 Å². The van der Waals surface area contributed by atoms with E-state index in [2.05, 4.69) is 0 Å². The Bertz CT molecular complexity index is 941. The normalized spacial score (nSPS) is 15.1. The van der Waals surface area contributed by atoms with E-state index in [1.165, 1.54) is 28.6 Å². The third kappa shape index (κ3) is 4.52. The zero-order chi connectivity index (χ0) is 19.3. The van der Waals surface area contributed by atoms with Crippen molar-refractivity contribution in [1.82, 2.24) is 4.31 Å². The van der Waals surface area contributed by atoms with Gasteiger partial charge in [0.05, 0.1) is 36.2 Å². The maximum Gasteiger partial charge on any atom is 0.343 e. The second-order valence-corrected chi connectivity index (χ2v) is 7.85. The number of nitriles is 1. The summed E-state index contributed by atoms with van der Waals surface area (Å²) in [7, 11) is -3.60. The predicted octanol–water partition coefficient (Wildman–Crippen LogP) is 1.99. The van der Waals surface area contributed by atoms with Crippen LogP contribution in [0.25, 0.3) is 0 Å². The van der Waals surface area contributed by atoms with Crippen molar-refractivity contribution in [2.75, 3.05) is 26.3 Å². The Labute approximate surface area is 157 Å². The molecular weight excluding hydrogens is 368 g/mol. The summed E-state index contributed by atoms with van der Waals surface area (Å²) in [5.41, 5.74) is 1.08. The number of rotatable bonds is 5. The summed E-state index contributed by atoms with van der Waals surface area (Å²) < 4.78 is 37.0. The van der Waals surface area contributed by atoms with Crippen molar-refractivity contribution in [3.63, 3.8) is 0 Å². The Morgan fingerprint density at radius 2 is 1.70 bits per heavy atom. The van der Waals surface area contributed by atoms with Crippen LogP contribution < -0.4 is 4.74 Å². The first-order valence-corrected chi connectivity index (χ1v) is 9.81. The maximum atomic E-state index is 12.6. The highest BCUT2D eigenvalue weighted by Crippen LogP contribution is 2.19. The molecule has 7 nitrogen and oxygen atoms in total. The molecule has 1 saturated heterocycles. The number of ether oxygens (including phenoxy) is 2. The molecule has 0 unspecified atom stereocenters. The molecular formula is C19H18N2O5S. The van der Waals surface area contributed by atoms with E-state index < -0.39 is 16.0 Å². The van der Waals surface area contributed by atoms with Crippen LogP contribution >= 0.6 is 0 Å². The fourth-order valence-corrected chi connectivity index (χ4v) is 4.04. The van der Waals surface area contributed by atoms with Crippen molar-refractivity contribution in [2.45, 2.75) is 11.3 Å². The summed E-state index contributed by atoms with van der Waals surface area (Å²) in [6, 6.07) is 14.4. The highest BCUT2D eigenvalue weighted by molar-refractivity contribution is 7.89. The summed E-state index contributed by atoms with van der Waals surface area (Å²) >= 11 is 0. The predicted molar refractivity (Wildman–Crippen MR) is 96.7 cm³/mol. The lowest BCUT2D eigenvalue weighted by Gasteiger charge is -2.26. The van der Waals surface area contributed by atoms with E-state index in [-0.39, 0.29) is 16.9 Å². The molecule has 1 heterocycles. The zero-order valence-corrected chi connectivity index (χ0v) is 15.3. The molecule has 0 saturated carbocycles. The summed E-state index contributed by atoms with van der Waals surface area (Å²) in [5, 5.41) is 8.66. The number of esters is 1. The molecule has 1 aliphatic heterocycles. The van der Waals surface area contributed by atoms with E-state index in [1.807, 2.05) is 6.07 Å². The van der Waals surface area contributed by atoms with Crippen molar-refractivity contribution >= 4 is 16.0 Å². The summed E-state index contributed by atoms with van der Waals surface area (Å²) in [5.74, 6) is -0.231. The van der Waals surface area contributed by atoms with Gasteiger partial charge in [-0.2, -0.15) is 9.57 Å². The van der Waals surface area contributed by atoms with Crippen LogP contribution in [0.2, 0.25) is 0 Å². The van der Waals surface area contributed by atoms with Crippen LogP contribution in [0.15, 0.2) is 53.4 Å². The van der Waals surface area contributed by atoms with Gasteiger partial charge >= 0.3 is 5.97 Å². The van der Waals surface area contributed by atoms with Crippen LogP contribution in [0.3, 0.4) is 0 Å². The minimum absolute atomic E-state index is 0.127. The zero-order valence-electron chi connectivity index (χ0n) is 14.5. The van der Waals surface area contributed by atoms with E-state index in [0.29, 0.717) is 32.1 Å². The molecule has 0 N–H and O–H groups in total. The molecule has 0 aromatic heterocycles. The number of morpholine rings is 1. The van der Waals surface area contributed by atoms with Gasteiger partial charge in [0.2, 0.25) is 10.0 Å². The topological polar surface area (TPSA) is 96.7 Å². The van der Waals surface area contributed by atoms with Gasteiger partial charge in [-0.1, -0.05) is 12.1 Å².